The molecular formula is C13H14N4O3. The molecule has 7 nitrogen and oxygen atoms in total. The zero-order chi connectivity index (χ0) is 14.7. The Labute approximate surface area is 115 Å². The summed E-state index contributed by atoms with van der Waals surface area (Å²) in [5, 5.41) is 13.7. The maximum absolute atomic E-state index is 11.8. The van der Waals surface area contributed by atoms with Crippen molar-refractivity contribution in [1.82, 2.24) is 9.55 Å². The maximum Gasteiger partial charge on any atom is 0.292 e. The Morgan fingerprint density at radius 3 is 2.75 bits per heavy atom. The highest BCUT2D eigenvalue weighted by atomic mass is 16.6. The summed E-state index contributed by atoms with van der Waals surface area (Å²) in [7, 11) is 1.62. The lowest BCUT2D eigenvalue weighted by atomic mass is 10.1. The van der Waals surface area contributed by atoms with Gasteiger partial charge < -0.3 is 5.32 Å². The molecule has 1 heterocycles. The summed E-state index contributed by atoms with van der Waals surface area (Å²) in [6, 6.07) is 6.25. The molecule has 2 rings (SSSR count). The highest BCUT2D eigenvalue weighted by molar-refractivity contribution is 5.62. The molecule has 0 aliphatic heterocycles. The highest BCUT2D eigenvalue weighted by Crippen LogP contribution is 2.25. The molecule has 2 aromatic rings. The Morgan fingerprint density at radius 1 is 1.40 bits per heavy atom. The molecular weight excluding hydrogens is 260 g/mol. The van der Waals surface area contributed by atoms with E-state index >= 15 is 0 Å². The summed E-state index contributed by atoms with van der Waals surface area (Å²) >= 11 is 0. The van der Waals surface area contributed by atoms with Gasteiger partial charge in [-0.2, -0.15) is 0 Å². The van der Waals surface area contributed by atoms with Crippen molar-refractivity contribution in [2.45, 2.75) is 13.5 Å². The van der Waals surface area contributed by atoms with E-state index in [4.69, 9.17) is 0 Å². The number of hydrogen-bond donors (Lipinski definition) is 1. The van der Waals surface area contributed by atoms with Crippen molar-refractivity contribution < 1.29 is 4.92 Å². The second-order valence-electron chi connectivity index (χ2n) is 4.36. The standard InChI is InChI=1S/C13H14N4O3/c1-9-5-13(18)16(8-15-9)7-10-3-4-11(14-2)12(6-10)17(19)20/h3-6,8,14H,7H2,1-2H3. The van der Waals surface area contributed by atoms with Crippen molar-refractivity contribution in [3.63, 3.8) is 0 Å². The molecule has 1 aromatic heterocycles. The average Bonchev–Trinajstić information content (AvgIpc) is 2.41. The largest absolute Gasteiger partial charge is 0.383 e. The third-order valence-corrected chi connectivity index (χ3v) is 2.90. The van der Waals surface area contributed by atoms with Gasteiger partial charge in [0, 0.05) is 24.9 Å². The number of anilines is 1. The fourth-order valence-corrected chi connectivity index (χ4v) is 1.87. The Morgan fingerprint density at radius 2 is 2.15 bits per heavy atom. The van der Waals surface area contributed by atoms with E-state index in [2.05, 4.69) is 10.3 Å². The van der Waals surface area contributed by atoms with Gasteiger partial charge in [0.05, 0.1) is 17.8 Å². The van der Waals surface area contributed by atoms with Crippen LogP contribution < -0.4 is 10.9 Å². The third-order valence-electron chi connectivity index (χ3n) is 2.90. The van der Waals surface area contributed by atoms with Crippen LogP contribution in [0, 0.1) is 17.0 Å². The van der Waals surface area contributed by atoms with Gasteiger partial charge in [-0.1, -0.05) is 6.07 Å². The van der Waals surface area contributed by atoms with Gasteiger partial charge in [-0.3, -0.25) is 19.5 Å². The van der Waals surface area contributed by atoms with E-state index in [-0.39, 0.29) is 17.8 Å². The molecule has 0 amide bonds. The molecule has 0 radical (unpaired) electrons. The van der Waals surface area contributed by atoms with Gasteiger partial charge in [-0.05, 0) is 18.6 Å². The minimum absolute atomic E-state index is 0.0156. The van der Waals surface area contributed by atoms with E-state index < -0.39 is 4.92 Å². The second kappa shape index (κ2) is 5.52. The summed E-state index contributed by atoms with van der Waals surface area (Å²) in [5.41, 5.74) is 1.55. The van der Waals surface area contributed by atoms with Crippen molar-refractivity contribution in [1.29, 1.82) is 0 Å². The molecule has 0 spiro atoms. The lowest BCUT2D eigenvalue weighted by Crippen LogP contribution is -2.20. The second-order valence-corrected chi connectivity index (χ2v) is 4.36. The minimum atomic E-state index is -0.453. The first-order valence-electron chi connectivity index (χ1n) is 5.99. The van der Waals surface area contributed by atoms with Crippen LogP contribution in [0.15, 0.2) is 35.4 Å². The Balaban J connectivity index is 2.37. The predicted octanol–water partition coefficient (Wildman–Crippen LogP) is 1.55. The minimum Gasteiger partial charge on any atom is -0.383 e. The van der Waals surface area contributed by atoms with E-state index in [1.807, 2.05) is 0 Å². The fourth-order valence-electron chi connectivity index (χ4n) is 1.87. The van der Waals surface area contributed by atoms with Crippen LogP contribution in [-0.2, 0) is 6.54 Å². The van der Waals surface area contributed by atoms with Crippen LogP contribution in [0.25, 0.3) is 0 Å². The van der Waals surface area contributed by atoms with Crippen molar-refractivity contribution in [3.05, 3.63) is 62.3 Å². The molecule has 7 heteroatoms. The van der Waals surface area contributed by atoms with Gasteiger partial charge in [0.15, 0.2) is 0 Å². The monoisotopic (exact) mass is 274 g/mol. The average molecular weight is 274 g/mol. The molecule has 1 aromatic carbocycles. The zero-order valence-corrected chi connectivity index (χ0v) is 11.2. The van der Waals surface area contributed by atoms with Crippen LogP contribution in [0.2, 0.25) is 0 Å². The molecule has 20 heavy (non-hydrogen) atoms. The summed E-state index contributed by atoms with van der Waals surface area (Å²) in [6.07, 6.45) is 1.44. The molecule has 0 aliphatic carbocycles. The van der Waals surface area contributed by atoms with Crippen LogP contribution in [0.5, 0.6) is 0 Å². The Kier molecular flexibility index (Phi) is 3.79. The molecule has 0 saturated carbocycles. The molecule has 0 fully saturated rings. The first kappa shape index (κ1) is 13.7. The number of aromatic nitrogens is 2. The zero-order valence-electron chi connectivity index (χ0n) is 11.2. The lowest BCUT2D eigenvalue weighted by Gasteiger charge is -2.07. The van der Waals surface area contributed by atoms with Gasteiger partial charge >= 0.3 is 0 Å². The van der Waals surface area contributed by atoms with Gasteiger partial charge in [-0.15, -0.1) is 0 Å². The summed E-state index contributed by atoms with van der Waals surface area (Å²) in [5.74, 6) is 0. The predicted molar refractivity (Wildman–Crippen MR) is 75.0 cm³/mol. The number of nitro groups is 1. The normalized spacial score (nSPS) is 10.3. The topological polar surface area (TPSA) is 90.1 Å². The Bertz CT molecular complexity index is 709. The van der Waals surface area contributed by atoms with E-state index in [0.717, 1.165) is 0 Å². The number of nitrogens with one attached hydrogen (secondary N) is 1. The van der Waals surface area contributed by atoms with Crippen molar-refractivity contribution in [2.24, 2.45) is 0 Å². The lowest BCUT2D eigenvalue weighted by molar-refractivity contribution is -0.384. The van der Waals surface area contributed by atoms with Crippen LogP contribution in [0.1, 0.15) is 11.3 Å². The van der Waals surface area contributed by atoms with Crippen LogP contribution in [-0.4, -0.2) is 21.5 Å². The van der Waals surface area contributed by atoms with Gasteiger partial charge in [0.2, 0.25) is 0 Å². The number of benzene rings is 1. The van der Waals surface area contributed by atoms with E-state index in [9.17, 15) is 14.9 Å². The molecule has 0 saturated heterocycles. The van der Waals surface area contributed by atoms with Crippen molar-refractivity contribution in [2.75, 3.05) is 12.4 Å². The van der Waals surface area contributed by atoms with Crippen molar-refractivity contribution in [3.8, 4) is 0 Å². The molecule has 1 N–H and O–H groups in total. The quantitative estimate of drug-likeness (QED) is 0.674. The smallest absolute Gasteiger partial charge is 0.292 e. The summed E-state index contributed by atoms with van der Waals surface area (Å²) in [4.78, 5) is 26.3. The van der Waals surface area contributed by atoms with Crippen molar-refractivity contribution >= 4 is 11.4 Å². The van der Waals surface area contributed by atoms with E-state index in [1.54, 1.807) is 26.1 Å². The third kappa shape index (κ3) is 2.82. The van der Waals surface area contributed by atoms with Gasteiger partial charge in [0.25, 0.3) is 11.2 Å². The molecule has 104 valence electrons. The van der Waals surface area contributed by atoms with E-state index in [1.165, 1.54) is 23.0 Å². The SMILES string of the molecule is CNc1ccc(Cn2cnc(C)cc2=O)cc1[N+](=O)[O-]. The fraction of sp³-hybridized carbons (Fsp3) is 0.231. The molecule has 0 bridgehead atoms. The Hall–Kier alpha value is -2.70. The van der Waals surface area contributed by atoms with E-state index in [0.29, 0.717) is 16.9 Å². The number of nitro benzene ring substituents is 1. The molecule has 0 unspecified atom stereocenters. The maximum atomic E-state index is 11.8. The first-order chi connectivity index (χ1) is 9.51. The van der Waals surface area contributed by atoms with Gasteiger partial charge in [-0.25, -0.2) is 4.98 Å². The number of aryl methyl sites for hydroxylation is 1. The first-order valence-corrected chi connectivity index (χ1v) is 5.99. The summed E-state index contributed by atoms with van der Waals surface area (Å²) in [6.45, 7) is 1.98. The number of rotatable bonds is 4. The van der Waals surface area contributed by atoms with Crippen LogP contribution in [0.3, 0.4) is 0 Å². The molecule has 0 aliphatic rings. The van der Waals surface area contributed by atoms with Crippen LogP contribution >= 0.6 is 0 Å². The number of hydrogen-bond acceptors (Lipinski definition) is 5. The summed E-state index contributed by atoms with van der Waals surface area (Å²) < 4.78 is 1.41. The van der Waals surface area contributed by atoms with Crippen LogP contribution in [0.4, 0.5) is 11.4 Å². The number of nitrogens with zero attached hydrogens (tertiary/aromatic N) is 3. The highest BCUT2D eigenvalue weighted by Gasteiger charge is 2.13. The van der Waals surface area contributed by atoms with Gasteiger partial charge in [0.1, 0.15) is 5.69 Å². The molecule has 0 atom stereocenters.